The van der Waals surface area contributed by atoms with Gasteiger partial charge < -0.3 is 20.1 Å². The number of aryl methyl sites for hydroxylation is 2. The summed E-state index contributed by atoms with van der Waals surface area (Å²) in [5.41, 5.74) is 1.74. The molecule has 2 heterocycles. The standard InChI is InChI=1S/C12H18N4O4/c1-8-9(6-15(2)14-8)5-13-12(19)16-3-4-20-7-10(16)11(17)18/h6,10H,3-5,7H2,1-2H3,(H,13,19)(H,17,18). The minimum absolute atomic E-state index is 0.0225. The maximum atomic E-state index is 12.1. The maximum Gasteiger partial charge on any atom is 0.328 e. The predicted molar refractivity (Wildman–Crippen MR) is 69.1 cm³/mol. The number of carboxylic acid groups (broad SMARTS) is 1. The van der Waals surface area contributed by atoms with Crippen molar-refractivity contribution in [2.75, 3.05) is 19.8 Å². The first-order chi connectivity index (χ1) is 9.49. The summed E-state index contributed by atoms with van der Waals surface area (Å²) in [6.45, 7) is 2.82. The van der Waals surface area contributed by atoms with E-state index in [1.807, 2.05) is 13.1 Å². The molecule has 1 aromatic heterocycles. The molecule has 20 heavy (non-hydrogen) atoms. The molecule has 0 aromatic carbocycles. The molecule has 1 unspecified atom stereocenters. The molecule has 1 aliphatic heterocycles. The molecule has 1 aromatic rings. The summed E-state index contributed by atoms with van der Waals surface area (Å²) in [5, 5.41) is 16.0. The Morgan fingerprint density at radius 1 is 1.60 bits per heavy atom. The van der Waals surface area contributed by atoms with Crippen molar-refractivity contribution in [3.63, 3.8) is 0 Å². The highest BCUT2D eigenvalue weighted by Gasteiger charge is 2.32. The average molecular weight is 282 g/mol. The summed E-state index contributed by atoms with van der Waals surface area (Å²) < 4.78 is 6.77. The molecule has 2 rings (SSSR count). The molecular formula is C12H18N4O4. The number of hydrogen-bond acceptors (Lipinski definition) is 4. The maximum absolute atomic E-state index is 12.1. The Morgan fingerprint density at radius 3 is 2.95 bits per heavy atom. The Hall–Kier alpha value is -2.09. The van der Waals surface area contributed by atoms with Gasteiger partial charge in [-0.3, -0.25) is 4.68 Å². The van der Waals surface area contributed by atoms with E-state index in [1.165, 1.54) is 4.90 Å². The zero-order valence-electron chi connectivity index (χ0n) is 11.5. The van der Waals surface area contributed by atoms with Gasteiger partial charge in [-0.25, -0.2) is 9.59 Å². The van der Waals surface area contributed by atoms with E-state index in [0.717, 1.165) is 11.3 Å². The Bertz CT molecular complexity index is 514. The number of carboxylic acids is 1. The smallest absolute Gasteiger partial charge is 0.328 e. The summed E-state index contributed by atoms with van der Waals surface area (Å²) >= 11 is 0. The van der Waals surface area contributed by atoms with Crippen molar-refractivity contribution in [1.29, 1.82) is 0 Å². The molecule has 2 amide bonds. The van der Waals surface area contributed by atoms with Crippen LogP contribution >= 0.6 is 0 Å². The van der Waals surface area contributed by atoms with E-state index in [2.05, 4.69) is 10.4 Å². The quantitative estimate of drug-likeness (QED) is 0.795. The lowest BCUT2D eigenvalue weighted by Crippen LogP contribution is -2.55. The molecule has 1 aliphatic rings. The van der Waals surface area contributed by atoms with Gasteiger partial charge in [-0.15, -0.1) is 0 Å². The number of carbonyl (C=O) groups excluding carboxylic acids is 1. The number of urea groups is 1. The van der Waals surface area contributed by atoms with E-state index >= 15 is 0 Å². The first kappa shape index (κ1) is 14.3. The third-order valence-electron chi connectivity index (χ3n) is 3.22. The van der Waals surface area contributed by atoms with Crippen LogP contribution in [0.3, 0.4) is 0 Å². The van der Waals surface area contributed by atoms with Crippen LogP contribution in [0.1, 0.15) is 11.3 Å². The van der Waals surface area contributed by atoms with Gasteiger partial charge in [-0.1, -0.05) is 0 Å². The van der Waals surface area contributed by atoms with Crippen molar-refractivity contribution in [2.45, 2.75) is 19.5 Å². The Morgan fingerprint density at radius 2 is 2.35 bits per heavy atom. The van der Waals surface area contributed by atoms with Crippen LogP contribution in [0.2, 0.25) is 0 Å². The minimum Gasteiger partial charge on any atom is -0.480 e. The fraction of sp³-hybridized carbons (Fsp3) is 0.583. The van der Waals surface area contributed by atoms with Crippen LogP contribution in [0.5, 0.6) is 0 Å². The van der Waals surface area contributed by atoms with Gasteiger partial charge >= 0.3 is 12.0 Å². The van der Waals surface area contributed by atoms with Crippen LogP contribution in [0.25, 0.3) is 0 Å². The zero-order chi connectivity index (χ0) is 14.7. The minimum atomic E-state index is -1.06. The summed E-state index contributed by atoms with van der Waals surface area (Å²) in [5.74, 6) is -1.06. The van der Waals surface area contributed by atoms with E-state index in [9.17, 15) is 9.59 Å². The predicted octanol–water partition coefficient (Wildman–Crippen LogP) is -0.276. The van der Waals surface area contributed by atoms with Crippen molar-refractivity contribution in [3.8, 4) is 0 Å². The highest BCUT2D eigenvalue weighted by Crippen LogP contribution is 2.09. The number of aromatic nitrogens is 2. The fourth-order valence-corrected chi connectivity index (χ4v) is 2.15. The second-order valence-corrected chi connectivity index (χ2v) is 4.69. The molecule has 0 bridgehead atoms. The highest BCUT2D eigenvalue weighted by atomic mass is 16.5. The lowest BCUT2D eigenvalue weighted by atomic mass is 10.2. The van der Waals surface area contributed by atoms with Crippen molar-refractivity contribution in [1.82, 2.24) is 20.0 Å². The van der Waals surface area contributed by atoms with Gasteiger partial charge in [0.05, 0.1) is 18.9 Å². The third-order valence-corrected chi connectivity index (χ3v) is 3.22. The first-order valence-corrected chi connectivity index (χ1v) is 6.33. The number of amides is 2. The number of hydrogen-bond donors (Lipinski definition) is 2. The second kappa shape index (κ2) is 5.91. The van der Waals surface area contributed by atoms with Gasteiger partial charge in [0, 0.05) is 31.9 Å². The van der Waals surface area contributed by atoms with E-state index in [1.54, 1.807) is 11.7 Å². The van der Waals surface area contributed by atoms with Crippen molar-refractivity contribution in [2.24, 2.45) is 7.05 Å². The normalized spacial score (nSPS) is 18.9. The number of nitrogens with zero attached hydrogens (tertiary/aromatic N) is 3. The van der Waals surface area contributed by atoms with E-state index in [0.29, 0.717) is 13.2 Å². The number of rotatable bonds is 3. The molecule has 1 saturated heterocycles. The van der Waals surface area contributed by atoms with Gasteiger partial charge in [-0.05, 0) is 6.92 Å². The van der Waals surface area contributed by atoms with Gasteiger partial charge in [0.15, 0.2) is 6.04 Å². The molecule has 8 heteroatoms. The monoisotopic (exact) mass is 282 g/mol. The largest absolute Gasteiger partial charge is 0.480 e. The lowest BCUT2D eigenvalue weighted by Gasteiger charge is -2.32. The molecule has 0 saturated carbocycles. The van der Waals surface area contributed by atoms with E-state index in [4.69, 9.17) is 9.84 Å². The molecule has 0 aliphatic carbocycles. The molecule has 1 fully saturated rings. The number of morpholine rings is 1. The highest BCUT2D eigenvalue weighted by molar-refractivity contribution is 5.83. The number of ether oxygens (including phenoxy) is 1. The summed E-state index contributed by atoms with van der Waals surface area (Å²) in [7, 11) is 1.81. The molecule has 0 spiro atoms. The van der Waals surface area contributed by atoms with Crippen molar-refractivity contribution in [3.05, 3.63) is 17.5 Å². The van der Waals surface area contributed by atoms with Crippen LogP contribution in [-0.4, -0.2) is 57.6 Å². The van der Waals surface area contributed by atoms with Crippen LogP contribution in [0.4, 0.5) is 4.79 Å². The number of nitrogens with one attached hydrogen (secondary N) is 1. The Balaban J connectivity index is 1.96. The van der Waals surface area contributed by atoms with Crippen LogP contribution in [0.15, 0.2) is 6.20 Å². The third kappa shape index (κ3) is 3.08. The molecule has 8 nitrogen and oxygen atoms in total. The van der Waals surface area contributed by atoms with Gasteiger partial charge in [-0.2, -0.15) is 5.10 Å². The van der Waals surface area contributed by atoms with Gasteiger partial charge in [0.2, 0.25) is 0 Å². The van der Waals surface area contributed by atoms with Gasteiger partial charge in [0.1, 0.15) is 0 Å². The molecule has 2 N–H and O–H groups in total. The van der Waals surface area contributed by atoms with Crippen LogP contribution in [-0.2, 0) is 23.1 Å². The molecule has 1 atom stereocenters. The van der Waals surface area contributed by atoms with Crippen LogP contribution < -0.4 is 5.32 Å². The summed E-state index contributed by atoms with van der Waals surface area (Å²) in [6.07, 6.45) is 1.82. The van der Waals surface area contributed by atoms with E-state index in [-0.39, 0.29) is 13.2 Å². The Labute approximate surface area is 116 Å². The number of carbonyl (C=O) groups is 2. The summed E-state index contributed by atoms with van der Waals surface area (Å²) in [4.78, 5) is 24.4. The van der Waals surface area contributed by atoms with Crippen molar-refractivity contribution < 1.29 is 19.4 Å². The molecule has 110 valence electrons. The lowest BCUT2D eigenvalue weighted by molar-refractivity contribution is -0.147. The Kier molecular flexibility index (Phi) is 4.23. The average Bonchev–Trinajstić information content (AvgIpc) is 2.74. The topological polar surface area (TPSA) is 96.7 Å². The number of aliphatic carboxylic acids is 1. The first-order valence-electron chi connectivity index (χ1n) is 6.33. The SMILES string of the molecule is Cc1nn(C)cc1CNC(=O)N1CCOCC1C(=O)O. The second-order valence-electron chi connectivity index (χ2n) is 4.69. The molecule has 0 radical (unpaired) electrons. The molecular weight excluding hydrogens is 264 g/mol. The van der Waals surface area contributed by atoms with Crippen LogP contribution in [0, 0.1) is 6.92 Å². The summed E-state index contributed by atoms with van der Waals surface area (Å²) in [6, 6.07) is -1.33. The van der Waals surface area contributed by atoms with E-state index < -0.39 is 18.0 Å². The van der Waals surface area contributed by atoms with Gasteiger partial charge in [0.25, 0.3) is 0 Å². The zero-order valence-corrected chi connectivity index (χ0v) is 11.5. The van der Waals surface area contributed by atoms with Crippen molar-refractivity contribution >= 4 is 12.0 Å². The fourth-order valence-electron chi connectivity index (χ4n) is 2.15.